The highest BCUT2D eigenvalue weighted by atomic mass is 19.1. The number of carbonyl (C=O) groups is 1. The smallest absolute Gasteiger partial charge is 0.340 e. The number of nitrogens with two attached hydrogens (primary N) is 1. The molecule has 1 rings (SSSR count). The summed E-state index contributed by atoms with van der Waals surface area (Å²) in [6.07, 6.45) is 0. The number of benzene rings is 1. The van der Waals surface area contributed by atoms with Crippen molar-refractivity contribution in [3.63, 3.8) is 0 Å². The van der Waals surface area contributed by atoms with E-state index < -0.39 is 42.3 Å². The second-order valence-corrected chi connectivity index (χ2v) is 3.40. The van der Waals surface area contributed by atoms with Crippen LogP contribution < -0.4 is 11.1 Å². The van der Waals surface area contributed by atoms with E-state index in [1.54, 1.807) is 0 Å². The summed E-state index contributed by atoms with van der Waals surface area (Å²) in [4.78, 5) is 10.9. The first-order valence-corrected chi connectivity index (χ1v) is 4.80. The number of carboxylic acid groups (broad SMARTS) is 1. The fourth-order valence-corrected chi connectivity index (χ4v) is 1.31. The van der Waals surface area contributed by atoms with E-state index in [1.165, 1.54) is 6.07 Å². The zero-order valence-electron chi connectivity index (χ0n) is 8.85. The number of rotatable bonds is 5. The van der Waals surface area contributed by atoms with Crippen LogP contribution in [0.2, 0.25) is 0 Å². The maximum Gasteiger partial charge on any atom is 0.340 e. The van der Waals surface area contributed by atoms with Gasteiger partial charge in [-0.3, -0.25) is 0 Å². The molecule has 0 amide bonds. The molecular formula is C10H13FN2O4. The molecule has 0 fully saturated rings. The van der Waals surface area contributed by atoms with Crippen LogP contribution in [0.15, 0.2) is 12.1 Å². The second kappa shape index (κ2) is 5.46. The summed E-state index contributed by atoms with van der Waals surface area (Å²) in [5, 5.41) is 29.2. The third kappa shape index (κ3) is 2.83. The molecule has 94 valence electrons. The molecule has 0 bridgehead atoms. The Kier molecular flexibility index (Phi) is 4.24. The van der Waals surface area contributed by atoms with Crippen LogP contribution in [0.25, 0.3) is 0 Å². The summed E-state index contributed by atoms with van der Waals surface area (Å²) >= 11 is 0. The third-order valence-electron chi connectivity index (χ3n) is 2.21. The van der Waals surface area contributed by atoms with Crippen LogP contribution in [-0.2, 0) is 0 Å². The number of hydrogen-bond donors (Lipinski definition) is 5. The number of aromatic carboxylic acids is 1. The Balaban J connectivity index is 3.15. The van der Waals surface area contributed by atoms with Gasteiger partial charge in [-0.25, -0.2) is 9.18 Å². The normalized spacial score (nSPS) is 10.6. The standard InChI is InChI=1S/C10H13FN2O4/c11-6-1-2-7(13-5(3-14)4-15)8(9(6)12)10(16)17/h1-2,5,13-15H,3-4,12H2,(H,16,17). The number of aliphatic hydroxyl groups is 2. The number of carboxylic acids is 1. The minimum atomic E-state index is -1.39. The van der Waals surface area contributed by atoms with Crippen molar-refractivity contribution in [3.05, 3.63) is 23.5 Å². The summed E-state index contributed by atoms with van der Waals surface area (Å²) in [7, 11) is 0. The van der Waals surface area contributed by atoms with Gasteiger partial charge in [0.05, 0.1) is 30.6 Å². The van der Waals surface area contributed by atoms with Gasteiger partial charge in [-0.15, -0.1) is 0 Å². The molecule has 0 saturated carbocycles. The van der Waals surface area contributed by atoms with Crippen molar-refractivity contribution < 1.29 is 24.5 Å². The SMILES string of the molecule is Nc1c(F)ccc(NC(CO)CO)c1C(=O)O. The van der Waals surface area contributed by atoms with E-state index in [-0.39, 0.29) is 5.69 Å². The first-order valence-electron chi connectivity index (χ1n) is 4.80. The van der Waals surface area contributed by atoms with Crippen LogP contribution in [0.4, 0.5) is 15.8 Å². The quantitative estimate of drug-likeness (QED) is 0.461. The van der Waals surface area contributed by atoms with Crippen LogP contribution in [0.1, 0.15) is 10.4 Å². The van der Waals surface area contributed by atoms with Crippen molar-refractivity contribution in [3.8, 4) is 0 Å². The predicted molar refractivity (Wildman–Crippen MR) is 59.4 cm³/mol. The maximum atomic E-state index is 13.1. The maximum absolute atomic E-state index is 13.1. The molecule has 0 aliphatic carbocycles. The molecular weight excluding hydrogens is 231 g/mol. The molecule has 7 heteroatoms. The lowest BCUT2D eigenvalue weighted by Gasteiger charge is -2.17. The molecule has 0 heterocycles. The van der Waals surface area contributed by atoms with Gasteiger partial charge >= 0.3 is 5.97 Å². The monoisotopic (exact) mass is 244 g/mol. The van der Waals surface area contributed by atoms with Gasteiger partial charge in [-0.1, -0.05) is 0 Å². The van der Waals surface area contributed by atoms with Gasteiger partial charge in [-0.2, -0.15) is 0 Å². The fourth-order valence-electron chi connectivity index (χ4n) is 1.31. The van der Waals surface area contributed by atoms with Crippen LogP contribution in [0.5, 0.6) is 0 Å². The van der Waals surface area contributed by atoms with E-state index in [9.17, 15) is 9.18 Å². The van der Waals surface area contributed by atoms with E-state index in [1.807, 2.05) is 0 Å². The topological polar surface area (TPSA) is 116 Å². The van der Waals surface area contributed by atoms with Crippen molar-refractivity contribution in [2.75, 3.05) is 24.3 Å². The lowest BCUT2D eigenvalue weighted by atomic mass is 10.1. The van der Waals surface area contributed by atoms with Crippen molar-refractivity contribution in [1.29, 1.82) is 0 Å². The van der Waals surface area contributed by atoms with Crippen LogP contribution in [0, 0.1) is 5.82 Å². The van der Waals surface area contributed by atoms with E-state index in [2.05, 4.69) is 5.32 Å². The highest BCUT2D eigenvalue weighted by Crippen LogP contribution is 2.25. The number of nitrogens with one attached hydrogen (secondary N) is 1. The summed E-state index contributed by atoms with van der Waals surface area (Å²) in [5.74, 6) is -2.23. The first kappa shape index (κ1) is 13.2. The minimum absolute atomic E-state index is 0.0458. The van der Waals surface area contributed by atoms with E-state index in [4.69, 9.17) is 21.1 Å². The largest absolute Gasteiger partial charge is 0.478 e. The van der Waals surface area contributed by atoms with Gasteiger partial charge in [0, 0.05) is 0 Å². The molecule has 0 aromatic heterocycles. The van der Waals surface area contributed by atoms with Crippen LogP contribution in [0.3, 0.4) is 0 Å². The molecule has 1 aromatic rings. The Morgan fingerprint density at radius 1 is 1.41 bits per heavy atom. The lowest BCUT2D eigenvalue weighted by Crippen LogP contribution is -2.28. The number of nitrogen functional groups attached to an aromatic ring is 1. The molecule has 0 unspecified atom stereocenters. The van der Waals surface area contributed by atoms with Crippen LogP contribution in [-0.4, -0.2) is 40.5 Å². The highest BCUT2D eigenvalue weighted by molar-refractivity contribution is 6.00. The van der Waals surface area contributed by atoms with Crippen molar-refractivity contribution in [1.82, 2.24) is 0 Å². The molecule has 6 N–H and O–H groups in total. The Bertz CT molecular complexity index is 421. The summed E-state index contributed by atoms with van der Waals surface area (Å²) < 4.78 is 13.1. The number of aliphatic hydroxyl groups excluding tert-OH is 2. The minimum Gasteiger partial charge on any atom is -0.478 e. The molecule has 0 aliphatic rings. The molecule has 0 atom stereocenters. The van der Waals surface area contributed by atoms with E-state index in [0.29, 0.717) is 0 Å². The van der Waals surface area contributed by atoms with Gasteiger partial charge < -0.3 is 26.4 Å². The van der Waals surface area contributed by atoms with Gasteiger partial charge in [-0.05, 0) is 12.1 Å². The van der Waals surface area contributed by atoms with Gasteiger partial charge in [0.15, 0.2) is 0 Å². The molecule has 17 heavy (non-hydrogen) atoms. The average Bonchev–Trinajstić information content (AvgIpc) is 2.30. The number of halogens is 1. The molecule has 0 aliphatic heterocycles. The van der Waals surface area contributed by atoms with E-state index >= 15 is 0 Å². The zero-order valence-corrected chi connectivity index (χ0v) is 8.85. The molecule has 1 aromatic carbocycles. The Morgan fingerprint density at radius 3 is 2.47 bits per heavy atom. The average molecular weight is 244 g/mol. The lowest BCUT2D eigenvalue weighted by molar-refractivity contribution is 0.0698. The summed E-state index contributed by atoms with van der Waals surface area (Å²) in [6.45, 7) is -0.792. The highest BCUT2D eigenvalue weighted by Gasteiger charge is 2.19. The second-order valence-electron chi connectivity index (χ2n) is 3.40. The number of hydrogen-bond acceptors (Lipinski definition) is 5. The molecule has 0 saturated heterocycles. The van der Waals surface area contributed by atoms with Crippen molar-refractivity contribution in [2.24, 2.45) is 0 Å². The summed E-state index contributed by atoms with van der Waals surface area (Å²) in [5.41, 5.74) is 4.46. The van der Waals surface area contributed by atoms with Gasteiger partial charge in [0.2, 0.25) is 0 Å². The summed E-state index contributed by atoms with van der Waals surface area (Å²) in [6, 6.07) is 1.46. The molecule has 6 nitrogen and oxygen atoms in total. The Morgan fingerprint density at radius 2 is 2.00 bits per heavy atom. The van der Waals surface area contributed by atoms with Crippen LogP contribution >= 0.6 is 0 Å². The predicted octanol–water partition coefficient (Wildman–Crippen LogP) is -0.129. The Labute approximate surface area is 96.5 Å². The third-order valence-corrected chi connectivity index (χ3v) is 2.21. The van der Waals surface area contributed by atoms with Gasteiger partial charge in [0.25, 0.3) is 0 Å². The molecule has 0 radical (unpaired) electrons. The number of anilines is 2. The zero-order chi connectivity index (χ0) is 13.0. The molecule has 0 spiro atoms. The first-order chi connectivity index (χ1) is 8.01. The fraction of sp³-hybridized carbons (Fsp3) is 0.300. The van der Waals surface area contributed by atoms with Crippen molar-refractivity contribution in [2.45, 2.75) is 6.04 Å². The van der Waals surface area contributed by atoms with E-state index in [0.717, 1.165) is 6.07 Å². The van der Waals surface area contributed by atoms with Crippen molar-refractivity contribution >= 4 is 17.3 Å². The van der Waals surface area contributed by atoms with Gasteiger partial charge in [0.1, 0.15) is 11.4 Å². The Hall–Kier alpha value is -1.86.